The van der Waals surface area contributed by atoms with E-state index in [2.05, 4.69) is 5.32 Å². The summed E-state index contributed by atoms with van der Waals surface area (Å²) in [6.07, 6.45) is 1.54. The van der Waals surface area contributed by atoms with Crippen LogP contribution in [0.5, 0.6) is 0 Å². The summed E-state index contributed by atoms with van der Waals surface area (Å²) in [5.41, 5.74) is 2.72. The monoisotopic (exact) mass is 346 g/mol. The van der Waals surface area contributed by atoms with Crippen molar-refractivity contribution < 1.29 is 9.59 Å². The normalized spacial score (nSPS) is 14.3. The molecule has 6 heteroatoms. The van der Waals surface area contributed by atoms with E-state index < -0.39 is 0 Å². The average molecular weight is 346 g/mol. The van der Waals surface area contributed by atoms with E-state index in [-0.39, 0.29) is 11.8 Å². The predicted molar refractivity (Wildman–Crippen MR) is 96.4 cm³/mol. The van der Waals surface area contributed by atoms with Gasteiger partial charge in [0.25, 0.3) is 0 Å². The van der Waals surface area contributed by atoms with Crippen molar-refractivity contribution in [1.82, 2.24) is 0 Å². The number of aryl methyl sites for hydroxylation is 1. The van der Waals surface area contributed by atoms with Crippen LogP contribution < -0.4 is 10.2 Å². The highest BCUT2D eigenvalue weighted by atomic mass is 32.2. The Morgan fingerprint density at radius 2 is 2.26 bits per heavy atom. The summed E-state index contributed by atoms with van der Waals surface area (Å²) in [4.78, 5) is 25.7. The number of hydrogen-bond donors (Lipinski definition) is 1. The lowest BCUT2D eigenvalue weighted by Crippen LogP contribution is -2.24. The van der Waals surface area contributed by atoms with Gasteiger partial charge in [0.2, 0.25) is 11.8 Å². The van der Waals surface area contributed by atoms with Crippen LogP contribution in [0.2, 0.25) is 0 Å². The molecule has 120 valence electrons. The number of carbonyl (C=O) groups is 2. The van der Waals surface area contributed by atoms with Crippen LogP contribution in [0.4, 0.5) is 11.4 Å². The van der Waals surface area contributed by atoms with Crippen molar-refractivity contribution in [3.05, 3.63) is 41.3 Å². The second-order valence-electron chi connectivity index (χ2n) is 5.42. The fraction of sp³-hybridized carbons (Fsp3) is 0.294. The molecule has 0 atom stereocenters. The molecule has 1 fully saturated rings. The predicted octanol–water partition coefficient (Wildman–Crippen LogP) is 3.91. The zero-order chi connectivity index (χ0) is 16.2. The molecule has 0 spiro atoms. The van der Waals surface area contributed by atoms with E-state index in [1.165, 1.54) is 11.8 Å². The first-order chi connectivity index (χ1) is 11.1. The molecule has 1 aliphatic heterocycles. The van der Waals surface area contributed by atoms with E-state index >= 15 is 0 Å². The fourth-order valence-corrected chi connectivity index (χ4v) is 4.20. The van der Waals surface area contributed by atoms with Gasteiger partial charge in [0.1, 0.15) is 0 Å². The summed E-state index contributed by atoms with van der Waals surface area (Å²) in [7, 11) is 0. The first-order valence-electron chi connectivity index (χ1n) is 7.50. The van der Waals surface area contributed by atoms with Crippen molar-refractivity contribution in [3.8, 4) is 0 Å². The average Bonchev–Trinajstić information content (AvgIpc) is 3.17. The number of anilines is 2. The SMILES string of the molecule is Cc1cc(NC(=O)CSc2cccs2)ccc1N1CCCC1=O. The van der Waals surface area contributed by atoms with E-state index in [1.807, 2.05) is 47.5 Å². The molecule has 0 unspecified atom stereocenters. The van der Waals surface area contributed by atoms with Gasteiger partial charge in [-0.2, -0.15) is 0 Å². The maximum absolute atomic E-state index is 12.0. The molecule has 0 bridgehead atoms. The van der Waals surface area contributed by atoms with E-state index in [0.717, 1.165) is 34.1 Å². The van der Waals surface area contributed by atoms with Gasteiger partial charge < -0.3 is 10.2 Å². The van der Waals surface area contributed by atoms with E-state index in [9.17, 15) is 9.59 Å². The molecule has 23 heavy (non-hydrogen) atoms. The molecular weight excluding hydrogens is 328 g/mol. The zero-order valence-electron chi connectivity index (χ0n) is 12.9. The van der Waals surface area contributed by atoms with Crippen LogP contribution in [0, 0.1) is 6.92 Å². The van der Waals surface area contributed by atoms with Crippen molar-refractivity contribution >= 4 is 46.3 Å². The molecule has 0 radical (unpaired) electrons. The highest BCUT2D eigenvalue weighted by Crippen LogP contribution is 2.28. The van der Waals surface area contributed by atoms with Gasteiger partial charge in [-0.1, -0.05) is 6.07 Å². The lowest BCUT2D eigenvalue weighted by molar-refractivity contribution is -0.117. The molecule has 2 aromatic rings. The zero-order valence-corrected chi connectivity index (χ0v) is 14.5. The molecule has 4 nitrogen and oxygen atoms in total. The molecular formula is C17H18N2O2S2. The summed E-state index contributed by atoms with van der Waals surface area (Å²) in [6.45, 7) is 2.75. The van der Waals surface area contributed by atoms with Gasteiger partial charge in [-0.15, -0.1) is 23.1 Å². The van der Waals surface area contributed by atoms with Gasteiger partial charge in [0.15, 0.2) is 0 Å². The smallest absolute Gasteiger partial charge is 0.234 e. The number of benzene rings is 1. The number of amides is 2. The highest BCUT2D eigenvalue weighted by molar-refractivity contribution is 8.01. The van der Waals surface area contributed by atoms with Crippen molar-refractivity contribution in [2.24, 2.45) is 0 Å². The molecule has 2 amide bonds. The fourth-order valence-electron chi connectivity index (χ4n) is 2.62. The van der Waals surface area contributed by atoms with Crippen molar-refractivity contribution in [3.63, 3.8) is 0 Å². The largest absolute Gasteiger partial charge is 0.325 e. The summed E-state index contributed by atoms with van der Waals surface area (Å²) in [5.74, 6) is 0.552. The van der Waals surface area contributed by atoms with Crippen molar-refractivity contribution in [1.29, 1.82) is 0 Å². The van der Waals surface area contributed by atoms with E-state index in [1.54, 1.807) is 11.3 Å². The summed E-state index contributed by atoms with van der Waals surface area (Å²) < 4.78 is 1.14. The third-order valence-corrected chi connectivity index (χ3v) is 5.82. The summed E-state index contributed by atoms with van der Waals surface area (Å²) in [6, 6.07) is 9.69. The Hall–Kier alpha value is -1.79. The number of hydrogen-bond acceptors (Lipinski definition) is 4. The Morgan fingerprint density at radius 3 is 2.91 bits per heavy atom. The van der Waals surface area contributed by atoms with Gasteiger partial charge in [-0.05, 0) is 48.6 Å². The van der Waals surface area contributed by atoms with Gasteiger partial charge in [0, 0.05) is 24.3 Å². The maximum atomic E-state index is 12.0. The molecule has 0 saturated carbocycles. The van der Waals surface area contributed by atoms with Crippen LogP contribution in [0.15, 0.2) is 39.9 Å². The number of thioether (sulfide) groups is 1. The van der Waals surface area contributed by atoms with Crippen molar-refractivity contribution in [2.45, 2.75) is 24.0 Å². The van der Waals surface area contributed by atoms with Crippen LogP contribution in [-0.4, -0.2) is 24.1 Å². The van der Waals surface area contributed by atoms with Crippen molar-refractivity contribution in [2.75, 3.05) is 22.5 Å². The Morgan fingerprint density at radius 1 is 1.39 bits per heavy atom. The molecule has 1 N–H and O–H groups in total. The van der Waals surface area contributed by atoms with Gasteiger partial charge in [-0.3, -0.25) is 9.59 Å². The number of nitrogens with one attached hydrogen (secondary N) is 1. The topological polar surface area (TPSA) is 49.4 Å². The standard InChI is InChI=1S/C17H18N2O2S2/c1-12-10-13(6-7-14(12)19-8-2-4-16(19)21)18-15(20)11-23-17-5-3-9-22-17/h3,5-7,9-10H,2,4,8,11H2,1H3,(H,18,20). The van der Waals surface area contributed by atoms with Gasteiger partial charge in [-0.25, -0.2) is 0 Å². The number of nitrogens with zero attached hydrogens (tertiary/aromatic N) is 1. The molecule has 1 saturated heterocycles. The molecule has 0 aliphatic carbocycles. The van der Waals surface area contributed by atoms with Crippen LogP contribution in [-0.2, 0) is 9.59 Å². The maximum Gasteiger partial charge on any atom is 0.234 e. The lowest BCUT2D eigenvalue weighted by atomic mass is 10.1. The Labute approximate surface area is 143 Å². The molecule has 1 aromatic carbocycles. The number of carbonyl (C=O) groups excluding carboxylic acids is 2. The lowest BCUT2D eigenvalue weighted by Gasteiger charge is -2.19. The van der Waals surface area contributed by atoms with Crippen LogP contribution in [0.1, 0.15) is 18.4 Å². The molecule has 1 aromatic heterocycles. The van der Waals surface area contributed by atoms with Gasteiger partial charge >= 0.3 is 0 Å². The molecule has 2 heterocycles. The number of rotatable bonds is 5. The Kier molecular flexibility index (Phi) is 5.03. The third-order valence-electron chi connectivity index (χ3n) is 3.69. The minimum Gasteiger partial charge on any atom is -0.325 e. The van der Waals surface area contributed by atoms with Crippen LogP contribution in [0.3, 0.4) is 0 Å². The molecule has 3 rings (SSSR count). The van der Waals surface area contributed by atoms with Crippen LogP contribution >= 0.6 is 23.1 Å². The second-order valence-corrected chi connectivity index (χ2v) is 7.64. The second kappa shape index (κ2) is 7.19. The Balaban J connectivity index is 1.61. The first kappa shape index (κ1) is 16.1. The minimum atomic E-state index is -0.0206. The first-order valence-corrected chi connectivity index (χ1v) is 9.37. The minimum absolute atomic E-state index is 0.0206. The highest BCUT2D eigenvalue weighted by Gasteiger charge is 2.22. The number of thiophene rings is 1. The third kappa shape index (κ3) is 3.95. The van der Waals surface area contributed by atoms with E-state index in [0.29, 0.717) is 12.2 Å². The summed E-state index contributed by atoms with van der Waals surface area (Å²) >= 11 is 3.17. The van der Waals surface area contributed by atoms with E-state index in [4.69, 9.17) is 0 Å². The summed E-state index contributed by atoms with van der Waals surface area (Å²) in [5, 5.41) is 4.92. The Bertz CT molecular complexity index is 713. The molecule has 1 aliphatic rings. The van der Waals surface area contributed by atoms with Gasteiger partial charge in [0.05, 0.1) is 9.96 Å². The quantitative estimate of drug-likeness (QED) is 0.835. The van der Waals surface area contributed by atoms with Crippen LogP contribution in [0.25, 0.3) is 0 Å².